The maximum absolute atomic E-state index is 5.13. The van der Waals surface area contributed by atoms with Crippen molar-refractivity contribution in [2.75, 3.05) is 0 Å². The Labute approximate surface area is 88.7 Å². The minimum atomic E-state index is 0.556. The van der Waals surface area contributed by atoms with Crippen molar-refractivity contribution < 1.29 is 4.43 Å². The number of aryl methyl sites for hydroxylation is 1. The molecule has 0 heterocycles. The van der Waals surface area contributed by atoms with E-state index in [1.807, 2.05) is 12.8 Å². The lowest BCUT2D eigenvalue weighted by molar-refractivity contribution is 0.515. The zero-order chi connectivity index (χ0) is 10.1. The van der Waals surface area contributed by atoms with Gasteiger partial charge in [0.25, 0.3) is 0 Å². The summed E-state index contributed by atoms with van der Waals surface area (Å²) in [5.74, 6) is 0. The molecule has 0 N–H and O–H groups in total. The smallest absolute Gasteiger partial charge is 0.306 e. The van der Waals surface area contributed by atoms with Gasteiger partial charge in [0.1, 0.15) is 0 Å². The summed E-state index contributed by atoms with van der Waals surface area (Å²) in [6.07, 6.45) is 7.35. The molecule has 0 aliphatic heterocycles. The Kier molecular flexibility index (Phi) is 5.83. The largest absolute Gasteiger partial charge is 0.547 e. The summed E-state index contributed by atoms with van der Waals surface area (Å²) >= 11 is 0. The molecule has 0 fully saturated rings. The fourth-order valence-electron chi connectivity index (χ4n) is 1.25. The van der Waals surface area contributed by atoms with Crippen molar-refractivity contribution >= 4 is 9.76 Å². The second-order valence-electron chi connectivity index (χ2n) is 3.07. The average Bonchev–Trinajstić information content (AvgIpc) is 2.25. The van der Waals surface area contributed by atoms with Crippen LogP contribution in [-0.4, -0.2) is 9.76 Å². The van der Waals surface area contributed by atoms with Crippen LogP contribution >= 0.6 is 0 Å². The van der Waals surface area contributed by atoms with Gasteiger partial charge in [-0.05, 0) is 31.4 Å². The van der Waals surface area contributed by atoms with Gasteiger partial charge in [0.05, 0.1) is 6.26 Å². The Bertz CT molecular complexity index is 256. The molecule has 0 aliphatic carbocycles. The highest BCUT2D eigenvalue weighted by molar-refractivity contribution is 6.25. The zero-order valence-corrected chi connectivity index (χ0v) is 9.57. The maximum atomic E-state index is 5.13. The van der Waals surface area contributed by atoms with Gasteiger partial charge in [0.15, 0.2) is 0 Å². The maximum Gasteiger partial charge on any atom is 0.306 e. The summed E-state index contributed by atoms with van der Waals surface area (Å²) in [6.45, 7) is 2.02. The Hall–Kier alpha value is -1.02. The third-order valence-corrected chi connectivity index (χ3v) is 2.33. The zero-order valence-electron chi connectivity index (χ0n) is 8.57. The minimum absolute atomic E-state index is 0.556. The van der Waals surface area contributed by atoms with E-state index in [0.29, 0.717) is 9.76 Å². The van der Waals surface area contributed by atoms with E-state index in [1.54, 1.807) is 0 Å². The Morgan fingerprint density at radius 1 is 1.29 bits per heavy atom. The van der Waals surface area contributed by atoms with Gasteiger partial charge in [-0.15, -0.1) is 0 Å². The number of hydrogen-bond donors (Lipinski definition) is 0. The van der Waals surface area contributed by atoms with Crippen LogP contribution in [0.1, 0.15) is 18.4 Å². The minimum Gasteiger partial charge on any atom is -0.547 e. The van der Waals surface area contributed by atoms with Gasteiger partial charge in [0.2, 0.25) is 0 Å². The molecule has 1 aromatic carbocycles. The molecule has 0 saturated heterocycles. The van der Waals surface area contributed by atoms with Gasteiger partial charge < -0.3 is 4.43 Å². The molecule has 0 saturated carbocycles. The molecule has 74 valence electrons. The summed E-state index contributed by atoms with van der Waals surface area (Å²) in [5.41, 5.74) is 1.42. The Morgan fingerprint density at radius 2 is 2.07 bits per heavy atom. The van der Waals surface area contributed by atoms with Gasteiger partial charge in [0, 0.05) is 0 Å². The fraction of sp³-hybridized carbons (Fsp3) is 0.333. The van der Waals surface area contributed by atoms with Crippen molar-refractivity contribution in [3.05, 3.63) is 48.2 Å². The lowest BCUT2D eigenvalue weighted by atomic mass is 10.1. The fourth-order valence-corrected chi connectivity index (χ4v) is 1.49. The van der Waals surface area contributed by atoms with Gasteiger partial charge >= 0.3 is 9.76 Å². The van der Waals surface area contributed by atoms with Crippen molar-refractivity contribution in [2.45, 2.75) is 25.8 Å². The first-order valence-electron chi connectivity index (χ1n) is 4.95. The number of hydrogen-bond acceptors (Lipinski definition) is 1. The molecule has 0 atom stereocenters. The second-order valence-corrected chi connectivity index (χ2v) is 3.72. The molecular formula is C12H16OSi. The highest BCUT2D eigenvalue weighted by Gasteiger charge is 1.89. The van der Waals surface area contributed by atoms with Crippen LogP contribution in [0, 0.1) is 0 Å². The summed E-state index contributed by atoms with van der Waals surface area (Å²) < 4.78 is 5.13. The number of allylic oxidation sites excluding steroid dienone is 1. The van der Waals surface area contributed by atoms with E-state index in [4.69, 9.17) is 4.43 Å². The van der Waals surface area contributed by atoms with Crippen molar-refractivity contribution in [3.8, 4) is 0 Å². The Balaban J connectivity index is 2.10. The Morgan fingerprint density at radius 3 is 2.79 bits per heavy atom. The highest BCUT2D eigenvalue weighted by atomic mass is 28.2. The van der Waals surface area contributed by atoms with E-state index in [0.717, 1.165) is 12.8 Å². The number of benzene rings is 1. The normalized spacial score (nSPS) is 10.6. The average molecular weight is 204 g/mol. The molecule has 1 rings (SSSR count). The summed E-state index contributed by atoms with van der Waals surface area (Å²) in [6, 6.07) is 10.6. The molecule has 0 spiro atoms. The van der Waals surface area contributed by atoms with E-state index in [-0.39, 0.29) is 0 Å². The van der Waals surface area contributed by atoms with Crippen molar-refractivity contribution in [1.29, 1.82) is 0 Å². The van der Waals surface area contributed by atoms with Crippen LogP contribution in [0.5, 0.6) is 0 Å². The third-order valence-electron chi connectivity index (χ3n) is 1.96. The van der Waals surface area contributed by atoms with Crippen LogP contribution in [-0.2, 0) is 10.8 Å². The SMILES string of the molecule is C[Si]OC=CCCCc1ccccc1. The van der Waals surface area contributed by atoms with Crippen molar-refractivity contribution in [2.24, 2.45) is 0 Å². The molecular weight excluding hydrogens is 188 g/mol. The lowest BCUT2D eigenvalue weighted by Gasteiger charge is -1.98. The molecule has 0 bridgehead atoms. The van der Waals surface area contributed by atoms with E-state index in [1.165, 1.54) is 12.0 Å². The lowest BCUT2D eigenvalue weighted by Crippen LogP contribution is -1.84. The van der Waals surface area contributed by atoms with E-state index >= 15 is 0 Å². The molecule has 0 aromatic heterocycles. The molecule has 0 aliphatic rings. The molecule has 2 radical (unpaired) electrons. The summed E-state index contributed by atoms with van der Waals surface area (Å²) in [7, 11) is 0.556. The monoisotopic (exact) mass is 204 g/mol. The first-order chi connectivity index (χ1) is 6.93. The van der Waals surface area contributed by atoms with Crippen LogP contribution in [0.4, 0.5) is 0 Å². The molecule has 2 heteroatoms. The van der Waals surface area contributed by atoms with Crippen LogP contribution in [0.2, 0.25) is 6.55 Å². The molecule has 0 unspecified atom stereocenters. The first kappa shape index (κ1) is 11.1. The van der Waals surface area contributed by atoms with Crippen LogP contribution < -0.4 is 0 Å². The van der Waals surface area contributed by atoms with E-state index in [2.05, 4.69) is 36.4 Å². The molecule has 1 aromatic rings. The van der Waals surface area contributed by atoms with Gasteiger partial charge in [-0.1, -0.05) is 36.4 Å². The topological polar surface area (TPSA) is 9.23 Å². The van der Waals surface area contributed by atoms with Crippen LogP contribution in [0.15, 0.2) is 42.7 Å². The third kappa shape index (κ3) is 4.87. The van der Waals surface area contributed by atoms with Crippen molar-refractivity contribution in [3.63, 3.8) is 0 Å². The van der Waals surface area contributed by atoms with Gasteiger partial charge in [-0.2, -0.15) is 0 Å². The predicted molar refractivity (Wildman–Crippen MR) is 61.2 cm³/mol. The first-order valence-corrected chi connectivity index (χ1v) is 6.35. The quantitative estimate of drug-likeness (QED) is 0.393. The molecule has 1 nitrogen and oxygen atoms in total. The van der Waals surface area contributed by atoms with Crippen molar-refractivity contribution in [1.82, 2.24) is 0 Å². The van der Waals surface area contributed by atoms with Gasteiger partial charge in [-0.25, -0.2) is 0 Å². The number of rotatable bonds is 6. The van der Waals surface area contributed by atoms with E-state index in [9.17, 15) is 0 Å². The standard InChI is InChI=1S/C12H16OSi/c1-14-13-11-7-3-6-10-12-8-4-2-5-9-12/h2,4-5,7-9,11H,3,6,10H2,1H3. The van der Waals surface area contributed by atoms with Crippen LogP contribution in [0.3, 0.4) is 0 Å². The summed E-state index contributed by atoms with van der Waals surface area (Å²) in [4.78, 5) is 0. The predicted octanol–water partition coefficient (Wildman–Crippen LogP) is 3.21. The van der Waals surface area contributed by atoms with Crippen LogP contribution in [0.25, 0.3) is 0 Å². The summed E-state index contributed by atoms with van der Waals surface area (Å²) in [5, 5.41) is 0. The highest BCUT2D eigenvalue weighted by Crippen LogP contribution is 2.04. The molecule has 14 heavy (non-hydrogen) atoms. The second kappa shape index (κ2) is 7.39. The van der Waals surface area contributed by atoms with Gasteiger partial charge in [-0.3, -0.25) is 0 Å². The van der Waals surface area contributed by atoms with E-state index < -0.39 is 0 Å². The molecule has 0 amide bonds. The number of unbranched alkanes of at least 4 members (excludes halogenated alkanes) is 1.